The zero-order valence-electron chi connectivity index (χ0n) is 21.7. The van der Waals surface area contributed by atoms with Crippen molar-refractivity contribution in [1.82, 2.24) is 10.2 Å². The van der Waals surface area contributed by atoms with Gasteiger partial charge in [0, 0.05) is 5.69 Å². The van der Waals surface area contributed by atoms with E-state index in [1.807, 2.05) is 19.1 Å². The first-order valence-electron chi connectivity index (χ1n) is 12.2. The molecule has 4 amide bonds. The summed E-state index contributed by atoms with van der Waals surface area (Å²) in [6.07, 6.45) is 2.22. The first-order valence-corrected chi connectivity index (χ1v) is 13.3. The highest BCUT2D eigenvalue weighted by atomic mass is 127. The number of urea groups is 1. The lowest BCUT2D eigenvalue weighted by atomic mass is 10.1. The van der Waals surface area contributed by atoms with Crippen LogP contribution in [0.25, 0.3) is 6.08 Å². The largest absolute Gasteiger partial charge is 0.493 e. The quantitative estimate of drug-likeness (QED) is 0.164. The van der Waals surface area contributed by atoms with E-state index < -0.39 is 30.4 Å². The summed E-state index contributed by atoms with van der Waals surface area (Å²) in [7, 11) is 1.48. The normalized spacial score (nSPS) is 13.8. The van der Waals surface area contributed by atoms with Crippen LogP contribution in [0.4, 0.5) is 10.5 Å². The van der Waals surface area contributed by atoms with Crippen molar-refractivity contribution in [2.24, 2.45) is 0 Å². The van der Waals surface area contributed by atoms with Crippen molar-refractivity contribution in [3.8, 4) is 11.5 Å². The maximum atomic E-state index is 13.0. The number of hydrogen-bond acceptors (Lipinski definition) is 6. The number of aromatic carboxylic acids is 1. The number of halogens is 1. The Hall–Kier alpha value is -4.39. The Balaban J connectivity index is 1.46. The SMILES string of the molecule is CCc1ccccc1NC(=O)CN1C(=O)N/C(=C/c2cc(I)c(OCc3ccc(C(=O)O)cc3)c(OC)c2)C1=O. The highest BCUT2D eigenvalue weighted by Crippen LogP contribution is 2.35. The summed E-state index contributed by atoms with van der Waals surface area (Å²) in [4.78, 5) is 50.0. The molecule has 0 radical (unpaired) electrons. The van der Waals surface area contributed by atoms with Gasteiger partial charge in [-0.1, -0.05) is 37.3 Å². The number of ether oxygens (including phenoxy) is 2. The van der Waals surface area contributed by atoms with E-state index in [0.29, 0.717) is 26.3 Å². The molecule has 1 aliphatic rings. The van der Waals surface area contributed by atoms with Gasteiger partial charge < -0.3 is 25.2 Å². The van der Waals surface area contributed by atoms with Crippen LogP contribution < -0.4 is 20.1 Å². The number of rotatable bonds is 10. The molecule has 1 fully saturated rings. The minimum Gasteiger partial charge on any atom is -0.493 e. The summed E-state index contributed by atoms with van der Waals surface area (Å²) in [6, 6.07) is 16.4. The molecule has 3 aromatic rings. The number of carboxylic acid groups (broad SMARTS) is 1. The molecule has 3 aromatic carbocycles. The second-order valence-electron chi connectivity index (χ2n) is 8.76. The number of carbonyl (C=O) groups excluding carboxylic acids is 3. The van der Waals surface area contributed by atoms with E-state index in [4.69, 9.17) is 14.6 Å². The Morgan fingerprint density at radius 1 is 1.10 bits per heavy atom. The van der Waals surface area contributed by atoms with Gasteiger partial charge in [-0.3, -0.25) is 9.59 Å². The van der Waals surface area contributed by atoms with Crippen molar-refractivity contribution >= 4 is 58.2 Å². The number of methoxy groups -OCH3 is 1. The van der Waals surface area contributed by atoms with E-state index in [-0.39, 0.29) is 17.9 Å². The fraction of sp³-hybridized carbons (Fsp3) is 0.172. The second kappa shape index (κ2) is 12.6. The molecule has 0 spiro atoms. The number of benzene rings is 3. The van der Waals surface area contributed by atoms with Gasteiger partial charge in [-0.05, 0) is 82.1 Å². The van der Waals surface area contributed by atoms with Crippen molar-refractivity contribution in [2.75, 3.05) is 19.0 Å². The summed E-state index contributed by atoms with van der Waals surface area (Å²) in [5.74, 6) is -1.23. The van der Waals surface area contributed by atoms with Gasteiger partial charge in [-0.15, -0.1) is 0 Å². The molecule has 0 unspecified atom stereocenters. The Labute approximate surface area is 244 Å². The van der Waals surface area contributed by atoms with Crippen LogP contribution in [0.15, 0.2) is 66.4 Å². The van der Waals surface area contributed by atoms with Crippen LogP contribution >= 0.6 is 22.6 Å². The van der Waals surface area contributed by atoms with Crippen LogP contribution in [0, 0.1) is 3.57 Å². The number of nitrogens with zero attached hydrogens (tertiary/aromatic N) is 1. The number of carbonyl (C=O) groups is 4. The Bertz CT molecular complexity index is 1500. The number of nitrogens with one attached hydrogen (secondary N) is 2. The summed E-state index contributed by atoms with van der Waals surface area (Å²) in [6.45, 7) is 1.72. The van der Waals surface area contributed by atoms with E-state index in [2.05, 4.69) is 33.2 Å². The first kappa shape index (κ1) is 28.6. The van der Waals surface area contributed by atoms with E-state index in [1.54, 1.807) is 36.4 Å². The van der Waals surface area contributed by atoms with Crippen molar-refractivity contribution in [3.63, 3.8) is 0 Å². The molecular weight excluding hydrogens is 629 g/mol. The number of imide groups is 1. The molecule has 206 valence electrons. The van der Waals surface area contributed by atoms with Crippen molar-refractivity contribution in [2.45, 2.75) is 20.0 Å². The van der Waals surface area contributed by atoms with Crippen LogP contribution in [0.5, 0.6) is 11.5 Å². The molecule has 1 saturated heterocycles. The monoisotopic (exact) mass is 655 g/mol. The number of aryl methyl sites for hydroxylation is 1. The molecular formula is C29H26IN3O7. The second-order valence-corrected chi connectivity index (χ2v) is 9.93. The third-order valence-electron chi connectivity index (χ3n) is 6.08. The lowest BCUT2D eigenvalue weighted by Crippen LogP contribution is -2.38. The number of anilines is 1. The molecule has 3 N–H and O–H groups in total. The van der Waals surface area contributed by atoms with E-state index in [0.717, 1.165) is 22.4 Å². The third kappa shape index (κ3) is 6.60. The van der Waals surface area contributed by atoms with Gasteiger partial charge in [0.05, 0.1) is 16.2 Å². The van der Waals surface area contributed by atoms with Gasteiger partial charge in [0.15, 0.2) is 11.5 Å². The molecule has 0 bridgehead atoms. The summed E-state index contributed by atoms with van der Waals surface area (Å²) in [5.41, 5.74) is 3.14. The summed E-state index contributed by atoms with van der Waals surface area (Å²) >= 11 is 2.08. The van der Waals surface area contributed by atoms with Crippen LogP contribution in [0.3, 0.4) is 0 Å². The molecule has 1 aliphatic heterocycles. The van der Waals surface area contributed by atoms with Gasteiger partial charge in [-0.2, -0.15) is 0 Å². The number of amides is 4. The highest BCUT2D eigenvalue weighted by Gasteiger charge is 2.35. The lowest BCUT2D eigenvalue weighted by molar-refractivity contribution is -0.127. The molecule has 1 heterocycles. The van der Waals surface area contributed by atoms with Crippen LogP contribution in [-0.4, -0.2) is 47.5 Å². The maximum Gasteiger partial charge on any atom is 0.335 e. The average molecular weight is 655 g/mol. The third-order valence-corrected chi connectivity index (χ3v) is 6.88. The molecule has 0 aromatic heterocycles. The van der Waals surface area contributed by atoms with Gasteiger partial charge >= 0.3 is 12.0 Å². The number of para-hydroxylation sites is 1. The Morgan fingerprint density at radius 2 is 1.82 bits per heavy atom. The van der Waals surface area contributed by atoms with Gasteiger partial charge in [0.25, 0.3) is 5.91 Å². The van der Waals surface area contributed by atoms with Crippen LogP contribution in [0.1, 0.15) is 34.0 Å². The lowest BCUT2D eigenvalue weighted by Gasteiger charge is -2.14. The van der Waals surface area contributed by atoms with Crippen molar-refractivity contribution in [3.05, 3.63) is 92.2 Å². The smallest absolute Gasteiger partial charge is 0.335 e. The summed E-state index contributed by atoms with van der Waals surface area (Å²) in [5, 5.41) is 14.3. The van der Waals surface area contributed by atoms with Gasteiger partial charge in [0.1, 0.15) is 18.8 Å². The van der Waals surface area contributed by atoms with Crippen LogP contribution in [0.2, 0.25) is 0 Å². The predicted molar refractivity (Wildman–Crippen MR) is 156 cm³/mol. The molecule has 10 nitrogen and oxygen atoms in total. The topological polar surface area (TPSA) is 134 Å². The maximum absolute atomic E-state index is 13.0. The molecule has 0 saturated carbocycles. The standard InChI is InChI=1S/C29H26IN3O7/c1-3-19-6-4-5-7-22(19)31-25(34)15-33-27(35)23(32-29(33)38)13-18-12-21(30)26(24(14-18)39-2)40-16-17-8-10-20(11-9-17)28(36)37/h4-14H,3,15-16H2,1-2H3,(H,31,34)(H,32,38)(H,36,37)/b23-13+. The van der Waals surface area contributed by atoms with Gasteiger partial charge in [0.2, 0.25) is 5.91 Å². The van der Waals surface area contributed by atoms with Gasteiger partial charge in [-0.25, -0.2) is 14.5 Å². The number of carboxylic acids is 1. The first-order chi connectivity index (χ1) is 19.2. The van der Waals surface area contributed by atoms with E-state index in [1.165, 1.54) is 25.3 Å². The minimum absolute atomic E-state index is 0.0248. The minimum atomic E-state index is -1.01. The molecule has 40 heavy (non-hydrogen) atoms. The molecule has 0 atom stereocenters. The predicted octanol–water partition coefficient (Wildman–Crippen LogP) is 4.67. The van der Waals surface area contributed by atoms with Crippen molar-refractivity contribution in [1.29, 1.82) is 0 Å². The molecule has 11 heteroatoms. The fourth-order valence-corrected chi connectivity index (χ4v) is 4.81. The fourth-order valence-electron chi connectivity index (χ4n) is 4.03. The number of hydrogen-bond donors (Lipinski definition) is 3. The average Bonchev–Trinajstić information content (AvgIpc) is 3.19. The van der Waals surface area contributed by atoms with Crippen LogP contribution in [-0.2, 0) is 22.6 Å². The highest BCUT2D eigenvalue weighted by molar-refractivity contribution is 14.1. The Kier molecular flexibility index (Phi) is 9.04. The van der Waals surface area contributed by atoms with E-state index >= 15 is 0 Å². The van der Waals surface area contributed by atoms with E-state index in [9.17, 15) is 19.2 Å². The molecule has 4 rings (SSSR count). The summed E-state index contributed by atoms with van der Waals surface area (Å²) < 4.78 is 12.1. The zero-order valence-corrected chi connectivity index (χ0v) is 23.9. The van der Waals surface area contributed by atoms with Crippen molar-refractivity contribution < 1.29 is 33.8 Å². The Morgan fingerprint density at radius 3 is 2.50 bits per heavy atom. The zero-order chi connectivity index (χ0) is 28.8. The molecule has 0 aliphatic carbocycles.